The van der Waals surface area contributed by atoms with Gasteiger partial charge in [0, 0.05) is 32.1 Å². The fourth-order valence-electron chi connectivity index (χ4n) is 4.03. The molecule has 38 heavy (non-hydrogen) atoms. The Balaban J connectivity index is 1.58. The molecule has 0 aliphatic rings. The number of carbonyl (C=O) groups excluding carboxylic acids is 1. The van der Waals surface area contributed by atoms with Gasteiger partial charge in [-0.3, -0.25) is 4.79 Å². The zero-order valence-corrected chi connectivity index (χ0v) is 24.3. The van der Waals surface area contributed by atoms with E-state index in [2.05, 4.69) is 30.1 Å². The van der Waals surface area contributed by atoms with Gasteiger partial charge >= 0.3 is 0 Å². The molecule has 0 aliphatic heterocycles. The van der Waals surface area contributed by atoms with E-state index >= 15 is 0 Å². The van der Waals surface area contributed by atoms with E-state index < -0.39 is 8.07 Å². The molecule has 0 saturated carbocycles. The number of nitrogens with one attached hydrogen (secondary N) is 1. The Morgan fingerprint density at radius 1 is 1.05 bits per heavy atom. The molecule has 1 aromatic heterocycles. The normalized spacial score (nSPS) is 11.6. The van der Waals surface area contributed by atoms with Crippen LogP contribution in [0.15, 0.2) is 66.7 Å². The number of nitrogens with zero attached hydrogens (tertiary/aromatic N) is 2. The van der Waals surface area contributed by atoms with Gasteiger partial charge in [0.1, 0.15) is 19.1 Å². The minimum absolute atomic E-state index is 0.0601. The molecular formula is C30H36ClN3O3Si. The number of anilines is 1. The molecule has 1 N–H and O–H groups in total. The number of rotatable bonds is 12. The Bertz CT molecular complexity index is 1370. The van der Waals surface area contributed by atoms with Gasteiger partial charge in [-0.05, 0) is 47.9 Å². The molecule has 8 heteroatoms. The fraction of sp³-hybridized carbons (Fsp3) is 0.333. The maximum atomic E-state index is 12.4. The number of hydrogen-bond donors (Lipinski definition) is 1. The standard InChI is InChI=1S/C30H36ClN3O3Si/c1-5-9-29(35)32-30-26-18-25(23-12-14-24(15-13-23)37-20-22-10-7-6-8-11-22)27(31)19-28(26)34(33-30)21-36-16-17-38(2,3)4/h6-8,10-15,18-19H,5,9,16-17,20-21H2,1-4H3,(H,32,33,35). The van der Waals surface area contributed by atoms with Crippen molar-refractivity contribution in [1.82, 2.24) is 9.78 Å². The van der Waals surface area contributed by atoms with Crippen LogP contribution in [0, 0.1) is 0 Å². The molecule has 0 radical (unpaired) electrons. The summed E-state index contributed by atoms with van der Waals surface area (Å²) in [7, 11) is -1.20. The number of benzene rings is 3. The van der Waals surface area contributed by atoms with Crippen molar-refractivity contribution >= 4 is 42.3 Å². The second-order valence-electron chi connectivity index (χ2n) is 10.6. The van der Waals surface area contributed by atoms with Crippen LogP contribution in [0.2, 0.25) is 30.7 Å². The molecule has 6 nitrogen and oxygen atoms in total. The van der Waals surface area contributed by atoms with E-state index in [-0.39, 0.29) is 5.91 Å². The van der Waals surface area contributed by atoms with Crippen LogP contribution >= 0.6 is 11.6 Å². The third kappa shape index (κ3) is 7.46. The quantitative estimate of drug-likeness (QED) is 0.144. The van der Waals surface area contributed by atoms with Crippen molar-refractivity contribution in [2.45, 2.75) is 58.8 Å². The van der Waals surface area contributed by atoms with Gasteiger partial charge in [-0.15, -0.1) is 0 Å². The van der Waals surface area contributed by atoms with Crippen molar-refractivity contribution in [1.29, 1.82) is 0 Å². The molecule has 0 spiro atoms. The summed E-state index contributed by atoms with van der Waals surface area (Å²) in [6, 6.07) is 22.9. The predicted molar refractivity (Wildman–Crippen MR) is 159 cm³/mol. The average molecular weight is 550 g/mol. The second-order valence-corrected chi connectivity index (χ2v) is 16.7. The lowest BCUT2D eigenvalue weighted by Gasteiger charge is -2.15. The SMILES string of the molecule is CCCC(=O)Nc1nn(COCC[Si](C)(C)C)c2cc(Cl)c(-c3ccc(OCc4ccccc4)cc3)cc12. The maximum absolute atomic E-state index is 12.4. The largest absolute Gasteiger partial charge is 0.489 e. The molecule has 1 amide bonds. The number of aromatic nitrogens is 2. The van der Waals surface area contributed by atoms with E-state index in [1.807, 2.05) is 73.7 Å². The van der Waals surface area contributed by atoms with Crippen LogP contribution in [-0.4, -0.2) is 30.4 Å². The van der Waals surface area contributed by atoms with Gasteiger partial charge in [-0.2, -0.15) is 5.10 Å². The Hall–Kier alpha value is -3.13. The van der Waals surface area contributed by atoms with Crippen molar-refractivity contribution < 1.29 is 14.3 Å². The van der Waals surface area contributed by atoms with E-state index in [1.54, 1.807) is 4.68 Å². The first-order chi connectivity index (χ1) is 18.2. The first-order valence-electron chi connectivity index (χ1n) is 13.1. The average Bonchev–Trinajstić information content (AvgIpc) is 3.21. The highest BCUT2D eigenvalue weighted by Crippen LogP contribution is 2.36. The van der Waals surface area contributed by atoms with E-state index in [4.69, 9.17) is 21.1 Å². The Kier molecular flexibility index (Phi) is 9.25. The molecule has 0 unspecified atom stereocenters. The number of carbonyl (C=O) groups is 1. The molecule has 3 aromatic carbocycles. The van der Waals surface area contributed by atoms with Crippen LogP contribution in [0.25, 0.3) is 22.0 Å². The summed E-state index contributed by atoms with van der Waals surface area (Å²) in [5.74, 6) is 1.24. The predicted octanol–water partition coefficient (Wildman–Crippen LogP) is 7.99. The van der Waals surface area contributed by atoms with Crippen LogP contribution in [-0.2, 0) is 22.9 Å². The summed E-state index contributed by atoms with van der Waals surface area (Å²) in [5.41, 5.74) is 3.75. The highest BCUT2D eigenvalue weighted by atomic mass is 35.5. The summed E-state index contributed by atoms with van der Waals surface area (Å²) < 4.78 is 13.7. The third-order valence-electron chi connectivity index (χ3n) is 6.20. The second kappa shape index (κ2) is 12.6. The van der Waals surface area contributed by atoms with E-state index in [0.717, 1.165) is 45.8 Å². The molecule has 0 saturated heterocycles. The van der Waals surface area contributed by atoms with Crippen molar-refractivity contribution in [3.8, 4) is 16.9 Å². The van der Waals surface area contributed by atoms with E-state index in [0.29, 0.717) is 37.2 Å². The van der Waals surface area contributed by atoms with Gasteiger partial charge in [0.25, 0.3) is 0 Å². The third-order valence-corrected chi connectivity index (χ3v) is 8.21. The van der Waals surface area contributed by atoms with Gasteiger partial charge < -0.3 is 14.8 Å². The van der Waals surface area contributed by atoms with Gasteiger partial charge in [-0.1, -0.05) is 80.6 Å². The molecule has 1 heterocycles. The smallest absolute Gasteiger partial charge is 0.225 e. The monoisotopic (exact) mass is 549 g/mol. The molecule has 0 bridgehead atoms. The minimum Gasteiger partial charge on any atom is -0.489 e. The van der Waals surface area contributed by atoms with Crippen molar-refractivity contribution in [2.75, 3.05) is 11.9 Å². The van der Waals surface area contributed by atoms with Crippen LogP contribution in [0.5, 0.6) is 5.75 Å². The molecule has 0 atom stereocenters. The molecule has 0 fully saturated rings. The van der Waals surface area contributed by atoms with Crippen molar-refractivity contribution in [3.05, 3.63) is 77.3 Å². The number of fused-ring (bicyclic) bond motifs is 1. The maximum Gasteiger partial charge on any atom is 0.225 e. The lowest BCUT2D eigenvalue weighted by atomic mass is 10.0. The Morgan fingerprint density at radius 3 is 2.47 bits per heavy atom. The molecule has 4 rings (SSSR count). The zero-order chi connectivity index (χ0) is 27.1. The summed E-state index contributed by atoms with van der Waals surface area (Å²) >= 11 is 6.78. The number of ether oxygens (including phenoxy) is 2. The molecule has 0 aliphatic carbocycles. The van der Waals surface area contributed by atoms with Crippen LogP contribution < -0.4 is 10.1 Å². The van der Waals surface area contributed by atoms with Gasteiger partial charge in [-0.25, -0.2) is 4.68 Å². The van der Waals surface area contributed by atoms with Crippen LogP contribution in [0.3, 0.4) is 0 Å². The first-order valence-corrected chi connectivity index (χ1v) is 17.2. The van der Waals surface area contributed by atoms with E-state index in [9.17, 15) is 4.79 Å². The number of hydrogen-bond acceptors (Lipinski definition) is 4. The fourth-order valence-corrected chi connectivity index (χ4v) is 5.05. The van der Waals surface area contributed by atoms with Gasteiger partial charge in [0.15, 0.2) is 5.82 Å². The topological polar surface area (TPSA) is 65.4 Å². The van der Waals surface area contributed by atoms with Crippen molar-refractivity contribution in [2.24, 2.45) is 0 Å². The number of halogens is 1. The summed E-state index contributed by atoms with van der Waals surface area (Å²) in [5, 5.41) is 9.09. The van der Waals surface area contributed by atoms with Gasteiger partial charge in [0.2, 0.25) is 5.91 Å². The first kappa shape index (κ1) is 27.9. The van der Waals surface area contributed by atoms with E-state index in [1.165, 1.54) is 0 Å². The number of amides is 1. The summed E-state index contributed by atoms with van der Waals surface area (Å²) in [6.07, 6.45) is 1.20. The zero-order valence-electron chi connectivity index (χ0n) is 22.6. The van der Waals surface area contributed by atoms with Gasteiger partial charge in [0.05, 0.1) is 10.5 Å². The highest BCUT2D eigenvalue weighted by Gasteiger charge is 2.18. The van der Waals surface area contributed by atoms with Crippen LogP contribution in [0.4, 0.5) is 5.82 Å². The Labute approximate surface area is 230 Å². The molecule has 200 valence electrons. The van der Waals surface area contributed by atoms with Crippen molar-refractivity contribution in [3.63, 3.8) is 0 Å². The lowest BCUT2D eigenvalue weighted by Crippen LogP contribution is -2.22. The Morgan fingerprint density at radius 2 is 1.79 bits per heavy atom. The highest BCUT2D eigenvalue weighted by molar-refractivity contribution is 6.76. The lowest BCUT2D eigenvalue weighted by molar-refractivity contribution is -0.116. The molecular weight excluding hydrogens is 514 g/mol. The molecule has 4 aromatic rings. The summed E-state index contributed by atoms with van der Waals surface area (Å²) in [6.45, 7) is 10.4. The minimum atomic E-state index is -1.20. The van der Waals surface area contributed by atoms with Crippen LogP contribution in [0.1, 0.15) is 25.3 Å². The summed E-state index contributed by atoms with van der Waals surface area (Å²) in [4.78, 5) is 12.4.